The Morgan fingerprint density at radius 1 is 1.31 bits per heavy atom. The zero-order valence-corrected chi connectivity index (χ0v) is 9.46. The quantitative estimate of drug-likeness (QED) is 0.674. The number of nitrogens with one attached hydrogen (secondary N) is 1. The zero-order chi connectivity index (χ0) is 11.4. The molecule has 2 heterocycles. The van der Waals surface area contributed by atoms with E-state index in [1.807, 2.05) is 20.3 Å². The largest absolute Gasteiger partial charge is 0.311 e. The van der Waals surface area contributed by atoms with E-state index in [4.69, 9.17) is 0 Å². The summed E-state index contributed by atoms with van der Waals surface area (Å²) in [5.41, 5.74) is 0.941. The van der Waals surface area contributed by atoms with Crippen molar-refractivity contribution < 1.29 is 0 Å². The standard InChI is InChI=1S/C9H15N7/c1-15-6-8(12-14-15)5-10-4-3-9-11-7-16(2)13-9/h6-7,10H,3-5H2,1-2H3. The molecule has 0 aromatic carbocycles. The van der Waals surface area contributed by atoms with E-state index in [1.54, 1.807) is 15.7 Å². The lowest BCUT2D eigenvalue weighted by molar-refractivity contribution is 0.650. The van der Waals surface area contributed by atoms with Crippen LogP contribution in [0.5, 0.6) is 0 Å². The molecule has 0 aliphatic heterocycles. The molecule has 0 saturated heterocycles. The molecule has 1 N–H and O–H groups in total. The number of aryl methyl sites for hydroxylation is 2. The summed E-state index contributed by atoms with van der Waals surface area (Å²) >= 11 is 0. The smallest absolute Gasteiger partial charge is 0.151 e. The Bertz CT molecular complexity index is 402. The van der Waals surface area contributed by atoms with E-state index >= 15 is 0 Å². The lowest BCUT2D eigenvalue weighted by Crippen LogP contribution is -2.17. The third-order valence-electron chi connectivity index (χ3n) is 2.13. The van der Waals surface area contributed by atoms with Gasteiger partial charge in [-0.3, -0.25) is 9.36 Å². The molecule has 0 aliphatic carbocycles. The summed E-state index contributed by atoms with van der Waals surface area (Å²) in [7, 11) is 3.72. The van der Waals surface area contributed by atoms with Gasteiger partial charge in [0.2, 0.25) is 0 Å². The number of hydrogen-bond donors (Lipinski definition) is 1. The van der Waals surface area contributed by atoms with Crippen molar-refractivity contribution in [1.29, 1.82) is 0 Å². The highest BCUT2D eigenvalue weighted by Crippen LogP contribution is 1.91. The normalized spacial score (nSPS) is 10.9. The molecule has 0 saturated carbocycles. The van der Waals surface area contributed by atoms with Crippen molar-refractivity contribution in [3.63, 3.8) is 0 Å². The molecule has 0 unspecified atom stereocenters. The van der Waals surface area contributed by atoms with Crippen LogP contribution in [-0.2, 0) is 27.1 Å². The summed E-state index contributed by atoms with van der Waals surface area (Å²) < 4.78 is 3.40. The van der Waals surface area contributed by atoms with Gasteiger partial charge in [-0.2, -0.15) is 5.10 Å². The SMILES string of the molecule is Cn1cc(CNCCc2ncn(C)n2)nn1. The Morgan fingerprint density at radius 3 is 2.81 bits per heavy atom. The van der Waals surface area contributed by atoms with Gasteiger partial charge in [-0.05, 0) is 0 Å². The highest BCUT2D eigenvalue weighted by molar-refractivity contribution is 4.91. The first kappa shape index (κ1) is 10.7. The van der Waals surface area contributed by atoms with Crippen LogP contribution in [0.1, 0.15) is 11.5 Å². The number of nitrogens with zero attached hydrogens (tertiary/aromatic N) is 6. The second-order valence-electron chi connectivity index (χ2n) is 3.64. The molecule has 2 aromatic heterocycles. The van der Waals surface area contributed by atoms with Crippen LogP contribution in [0.15, 0.2) is 12.5 Å². The summed E-state index contributed by atoms with van der Waals surface area (Å²) in [5, 5.41) is 15.3. The molecule has 0 fully saturated rings. The van der Waals surface area contributed by atoms with Gasteiger partial charge in [-0.15, -0.1) is 5.10 Å². The van der Waals surface area contributed by atoms with E-state index in [-0.39, 0.29) is 0 Å². The summed E-state index contributed by atoms with van der Waals surface area (Å²) in [5.74, 6) is 0.856. The highest BCUT2D eigenvalue weighted by atomic mass is 15.4. The summed E-state index contributed by atoms with van der Waals surface area (Å²) in [4.78, 5) is 4.14. The van der Waals surface area contributed by atoms with Crippen LogP contribution < -0.4 is 5.32 Å². The van der Waals surface area contributed by atoms with Crippen LogP contribution in [0.3, 0.4) is 0 Å². The molecule has 0 radical (unpaired) electrons. The first-order valence-corrected chi connectivity index (χ1v) is 5.14. The van der Waals surface area contributed by atoms with Gasteiger partial charge in [0.1, 0.15) is 6.33 Å². The maximum absolute atomic E-state index is 4.19. The molecule has 0 atom stereocenters. The van der Waals surface area contributed by atoms with Gasteiger partial charge in [0, 0.05) is 39.8 Å². The third kappa shape index (κ3) is 2.86. The highest BCUT2D eigenvalue weighted by Gasteiger charge is 2.00. The molecular formula is C9H15N7. The van der Waals surface area contributed by atoms with Gasteiger partial charge >= 0.3 is 0 Å². The molecule has 2 aromatic rings. The number of rotatable bonds is 5. The van der Waals surface area contributed by atoms with E-state index in [0.717, 1.165) is 31.0 Å². The second kappa shape index (κ2) is 4.84. The molecule has 0 bridgehead atoms. The first-order valence-electron chi connectivity index (χ1n) is 5.14. The van der Waals surface area contributed by atoms with Crippen molar-refractivity contribution in [2.75, 3.05) is 6.54 Å². The minimum atomic E-state index is 0.723. The molecule has 0 amide bonds. The van der Waals surface area contributed by atoms with Crippen molar-refractivity contribution in [1.82, 2.24) is 35.1 Å². The van der Waals surface area contributed by atoms with Crippen molar-refractivity contribution in [2.24, 2.45) is 14.1 Å². The predicted octanol–water partition coefficient (Wildman–Crippen LogP) is -0.724. The van der Waals surface area contributed by atoms with Gasteiger partial charge in [-0.25, -0.2) is 4.98 Å². The summed E-state index contributed by atoms with van der Waals surface area (Å²) in [6.45, 7) is 1.56. The molecular weight excluding hydrogens is 206 g/mol. The average molecular weight is 221 g/mol. The maximum atomic E-state index is 4.19. The molecule has 0 spiro atoms. The van der Waals surface area contributed by atoms with Crippen molar-refractivity contribution in [2.45, 2.75) is 13.0 Å². The fourth-order valence-corrected chi connectivity index (χ4v) is 1.39. The Balaban J connectivity index is 1.69. The Kier molecular flexibility index (Phi) is 3.25. The van der Waals surface area contributed by atoms with E-state index in [2.05, 4.69) is 25.7 Å². The van der Waals surface area contributed by atoms with Gasteiger partial charge in [0.25, 0.3) is 0 Å². The van der Waals surface area contributed by atoms with Gasteiger partial charge in [0.15, 0.2) is 5.82 Å². The van der Waals surface area contributed by atoms with E-state index in [0.29, 0.717) is 0 Å². The summed E-state index contributed by atoms with van der Waals surface area (Å²) in [6, 6.07) is 0. The van der Waals surface area contributed by atoms with Crippen LogP contribution in [-0.4, -0.2) is 36.3 Å². The van der Waals surface area contributed by atoms with Crippen LogP contribution in [0.25, 0.3) is 0 Å². The molecule has 7 nitrogen and oxygen atoms in total. The minimum absolute atomic E-state index is 0.723. The van der Waals surface area contributed by atoms with Crippen LogP contribution in [0.4, 0.5) is 0 Å². The van der Waals surface area contributed by atoms with E-state index < -0.39 is 0 Å². The van der Waals surface area contributed by atoms with E-state index in [9.17, 15) is 0 Å². The molecule has 2 rings (SSSR count). The molecule has 86 valence electrons. The minimum Gasteiger partial charge on any atom is -0.311 e. The van der Waals surface area contributed by atoms with Crippen LogP contribution >= 0.6 is 0 Å². The maximum Gasteiger partial charge on any atom is 0.151 e. The van der Waals surface area contributed by atoms with Crippen LogP contribution in [0.2, 0.25) is 0 Å². The molecule has 0 aliphatic rings. The Morgan fingerprint density at radius 2 is 2.19 bits per heavy atom. The molecule has 16 heavy (non-hydrogen) atoms. The third-order valence-corrected chi connectivity index (χ3v) is 2.13. The van der Waals surface area contributed by atoms with Gasteiger partial charge in [-0.1, -0.05) is 5.21 Å². The lowest BCUT2D eigenvalue weighted by atomic mass is 10.4. The molecule has 7 heteroatoms. The fraction of sp³-hybridized carbons (Fsp3) is 0.556. The number of hydrogen-bond acceptors (Lipinski definition) is 5. The van der Waals surface area contributed by atoms with Crippen molar-refractivity contribution >= 4 is 0 Å². The van der Waals surface area contributed by atoms with Gasteiger partial charge < -0.3 is 5.32 Å². The van der Waals surface area contributed by atoms with Gasteiger partial charge in [0.05, 0.1) is 5.69 Å². The fourth-order valence-electron chi connectivity index (χ4n) is 1.39. The lowest BCUT2D eigenvalue weighted by Gasteiger charge is -1.98. The zero-order valence-electron chi connectivity index (χ0n) is 9.46. The second-order valence-corrected chi connectivity index (χ2v) is 3.64. The van der Waals surface area contributed by atoms with Crippen molar-refractivity contribution in [3.05, 3.63) is 24.0 Å². The Labute approximate surface area is 93.5 Å². The average Bonchev–Trinajstić information content (AvgIpc) is 2.83. The predicted molar refractivity (Wildman–Crippen MR) is 57.4 cm³/mol. The monoisotopic (exact) mass is 221 g/mol. The Hall–Kier alpha value is -1.76. The van der Waals surface area contributed by atoms with Crippen LogP contribution in [0, 0.1) is 0 Å². The summed E-state index contributed by atoms with van der Waals surface area (Å²) in [6.07, 6.45) is 4.42. The van der Waals surface area contributed by atoms with Crippen molar-refractivity contribution in [3.8, 4) is 0 Å². The topological polar surface area (TPSA) is 73.5 Å². The number of aromatic nitrogens is 6. The van der Waals surface area contributed by atoms with E-state index in [1.165, 1.54) is 0 Å². The first-order chi connectivity index (χ1) is 7.74.